The Labute approximate surface area is 173 Å². The van der Waals surface area contributed by atoms with Crippen LogP contribution in [0.1, 0.15) is 80.1 Å². The van der Waals surface area contributed by atoms with Crippen molar-refractivity contribution in [3.63, 3.8) is 0 Å². The molecule has 0 radical (unpaired) electrons. The molecule has 0 aromatic carbocycles. The van der Waals surface area contributed by atoms with Gasteiger partial charge in [0, 0.05) is 6.42 Å². The number of hydrogen-bond donors (Lipinski definition) is 1. The van der Waals surface area contributed by atoms with Gasteiger partial charge in [0.15, 0.2) is 0 Å². The van der Waals surface area contributed by atoms with Crippen LogP contribution in [0.25, 0.3) is 0 Å². The van der Waals surface area contributed by atoms with E-state index in [2.05, 4.69) is 0 Å². The molecule has 0 aromatic rings. The number of carbonyl (C=O) groups excluding carboxylic acids is 3. The van der Waals surface area contributed by atoms with Crippen LogP contribution in [0, 0.1) is 16.7 Å². The van der Waals surface area contributed by atoms with Gasteiger partial charge in [0.05, 0.1) is 16.7 Å². The van der Waals surface area contributed by atoms with Gasteiger partial charge in [-0.05, 0) is 54.4 Å². The zero-order valence-electron chi connectivity index (χ0n) is 18.5. The van der Waals surface area contributed by atoms with Crippen molar-refractivity contribution in [3.05, 3.63) is 0 Å². The highest BCUT2D eigenvalue weighted by atomic mass is 16.7. The van der Waals surface area contributed by atoms with E-state index in [1.807, 2.05) is 0 Å². The third kappa shape index (κ3) is 12.9. The molecule has 8 heteroatoms. The Hall–Kier alpha value is -2.12. The summed E-state index contributed by atoms with van der Waals surface area (Å²) in [5, 5.41) is 8.64. The summed E-state index contributed by atoms with van der Waals surface area (Å²) in [4.78, 5) is 46.6. The molecule has 0 aliphatic carbocycles. The summed E-state index contributed by atoms with van der Waals surface area (Å²) in [6.07, 6.45) is 3.27. The molecule has 29 heavy (non-hydrogen) atoms. The van der Waals surface area contributed by atoms with Crippen LogP contribution in [-0.2, 0) is 33.4 Å². The van der Waals surface area contributed by atoms with Crippen molar-refractivity contribution in [1.82, 2.24) is 0 Å². The second-order valence-electron chi connectivity index (χ2n) is 9.16. The quantitative estimate of drug-likeness (QED) is 0.291. The average molecular weight is 417 g/mol. The van der Waals surface area contributed by atoms with Gasteiger partial charge in [0.1, 0.15) is 6.61 Å². The van der Waals surface area contributed by atoms with Crippen LogP contribution in [-0.4, -0.2) is 42.4 Å². The molecule has 168 valence electrons. The molecule has 0 bridgehead atoms. The second kappa shape index (κ2) is 12.4. The van der Waals surface area contributed by atoms with E-state index in [0.29, 0.717) is 19.3 Å². The first-order valence-electron chi connectivity index (χ1n) is 9.98. The largest absolute Gasteiger partial charge is 0.481 e. The van der Waals surface area contributed by atoms with E-state index in [1.54, 1.807) is 41.5 Å². The highest BCUT2D eigenvalue weighted by molar-refractivity contribution is 5.77. The highest BCUT2D eigenvalue weighted by Gasteiger charge is 2.28. The number of carboxylic acids is 1. The van der Waals surface area contributed by atoms with Crippen LogP contribution < -0.4 is 0 Å². The third-order valence-electron chi connectivity index (χ3n) is 4.06. The first-order valence-corrected chi connectivity index (χ1v) is 9.98. The van der Waals surface area contributed by atoms with Gasteiger partial charge >= 0.3 is 23.9 Å². The predicted octanol–water partition coefficient (Wildman–Crippen LogP) is 3.71. The minimum absolute atomic E-state index is 0.114. The standard InChI is InChI=1S/C21H36O8/c1-20(2,3)18(25)27-13-15(11-9-7-8-10-12-16(22)23)17(24)28-14-29-19(26)21(4,5)6/h15H,7-14H2,1-6H3,(H,22,23). The van der Waals surface area contributed by atoms with Gasteiger partial charge in [-0.1, -0.05) is 19.3 Å². The van der Waals surface area contributed by atoms with E-state index in [-0.39, 0.29) is 13.0 Å². The number of aliphatic carboxylic acids is 1. The normalized spacial score (nSPS) is 12.8. The molecule has 0 aliphatic rings. The number of ether oxygens (including phenoxy) is 3. The van der Waals surface area contributed by atoms with Gasteiger partial charge in [-0.3, -0.25) is 19.2 Å². The van der Waals surface area contributed by atoms with Gasteiger partial charge in [-0.2, -0.15) is 0 Å². The van der Waals surface area contributed by atoms with Gasteiger partial charge in [0.2, 0.25) is 6.79 Å². The van der Waals surface area contributed by atoms with Gasteiger partial charge in [0.25, 0.3) is 0 Å². The molecular formula is C21H36O8. The van der Waals surface area contributed by atoms with Crippen molar-refractivity contribution in [1.29, 1.82) is 0 Å². The highest BCUT2D eigenvalue weighted by Crippen LogP contribution is 2.19. The summed E-state index contributed by atoms with van der Waals surface area (Å²) >= 11 is 0. The maximum atomic E-state index is 12.4. The molecule has 0 aliphatic heterocycles. The molecule has 0 saturated carbocycles. The Kier molecular flexibility index (Phi) is 11.5. The SMILES string of the molecule is CC(C)(C)C(=O)OCOC(=O)C(CCCCCCC(=O)O)COC(=O)C(C)(C)C. The van der Waals surface area contributed by atoms with Crippen molar-refractivity contribution in [2.45, 2.75) is 80.1 Å². The fraction of sp³-hybridized carbons (Fsp3) is 0.810. The molecule has 1 unspecified atom stereocenters. The maximum absolute atomic E-state index is 12.4. The third-order valence-corrected chi connectivity index (χ3v) is 4.06. The maximum Gasteiger partial charge on any atom is 0.315 e. The molecule has 0 fully saturated rings. The van der Waals surface area contributed by atoms with Crippen LogP contribution in [0.2, 0.25) is 0 Å². The van der Waals surface area contributed by atoms with Crippen molar-refractivity contribution in [2.24, 2.45) is 16.7 Å². The Morgan fingerprint density at radius 3 is 1.79 bits per heavy atom. The fourth-order valence-corrected chi connectivity index (χ4v) is 2.16. The summed E-state index contributed by atoms with van der Waals surface area (Å²) in [5.74, 6) is -3.01. The van der Waals surface area contributed by atoms with Gasteiger partial charge in [-0.25, -0.2) is 0 Å². The Balaban J connectivity index is 4.59. The summed E-state index contributed by atoms with van der Waals surface area (Å²) in [7, 11) is 0. The zero-order valence-corrected chi connectivity index (χ0v) is 18.5. The molecule has 0 saturated heterocycles. The fourth-order valence-electron chi connectivity index (χ4n) is 2.16. The van der Waals surface area contributed by atoms with Crippen molar-refractivity contribution < 1.29 is 38.5 Å². The van der Waals surface area contributed by atoms with E-state index in [1.165, 1.54) is 0 Å². The first-order chi connectivity index (χ1) is 13.2. The topological polar surface area (TPSA) is 116 Å². The van der Waals surface area contributed by atoms with E-state index in [4.69, 9.17) is 19.3 Å². The lowest BCUT2D eigenvalue weighted by atomic mass is 9.97. The number of unbranched alkanes of at least 4 members (excludes halogenated alkanes) is 3. The summed E-state index contributed by atoms with van der Waals surface area (Å²) in [6, 6.07) is 0. The van der Waals surface area contributed by atoms with Crippen molar-refractivity contribution in [3.8, 4) is 0 Å². The number of carboxylic acid groups (broad SMARTS) is 1. The van der Waals surface area contributed by atoms with Crippen LogP contribution >= 0.6 is 0 Å². The van der Waals surface area contributed by atoms with E-state index >= 15 is 0 Å². The molecule has 1 N–H and O–H groups in total. The minimum atomic E-state index is -0.828. The molecule has 0 amide bonds. The van der Waals surface area contributed by atoms with Crippen LogP contribution in [0.5, 0.6) is 0 Å². The van der Waals surface area contributed by atoms with Crippen LogP contribution in [0.3, 0.4) is 0 Å². The predicted molar refractivity (Wildman–Crippen MR) is 106 cm³/mol. The lowest BCUT2D eigenvalue weighted by molar-refractivity contribution is -0.177. The Morgan fingerprint density at radius 2 is 1.28 bits per heavy atom. The molecule has 0 spiro atoms. The zero-order chi connectivity index (χ0) is 22.7. The molecule has 8 nitrogen and oxygen atoms in total. The van der Waals surface area contributed by atoms with Crippen LogP contribution in [0.15, 0.2) is 0 Å². The summed E-state index contributed by atoms with van der Waals surface area (Å²) in [5.41, 5.74) is -1.39. The van der Waals surface area contributed by atoms with Crippen molar-refractivity contribution >= 4 is 23.9 Å². The first kappa shape index (κ1) is 26.9. The lowest BCUT2D eigenvalue weighted by Crippen LogP contribution is -2.30. The summed E-state index contributed by atoms with van der Waals surface area (Å²) < 4.78 is 15.2. The monoisotopic (exact) mass is 416 g/mol. The van der Waals surface area contributed by atoms with Crippen LogP contribution in [0.4, 0.5) is 0 Å². The van der Waals surface area contributed by atoms with Gasteiger partial charge in [-0.15, -0.1) is 0 Å². The Bertz CT molecular complexity index is 554. The smallest absolute Gasteiger partial charge is 0.315 e. The molecule has 0 aromatic heterocycles. The lowest BCUT2D eigenvalue weighted by Gasteiger charge is -2.21. The number of carbonyl (C=O) groups is 4. The van der Waals surface area contributed by atoms with E-state index in [9.17, 15) is 19.2 Å². The number of hydrogen-bond acceptors (Lipinski definition) is 7. The molecule has 1 atom stereocenters. The van der Waals surface area contributed by atoms with Gasteiger partial charge < -0.3 is 19.3 Å². The average Bonchev–Trinajstić information content (AvgIpc) is 2.57. The number of esters is 3. The Morgan fingerprint density at radius 1 is 0.759 bits per heavy atom. The minimum Gasteiger partial charge on any atom is -0.481 e. The molecule has 0 rings (SSSR count). The van der Waals surface area contributed by atoms with Crippen molar-refractivity contribution in [2.75, 3.05) is 13.4 Å². The van der Waals surface area contributed by atoms with E-state index < -0.39 is 47.4 Å². The molecule has 0 heterocycles. The molecular weight excluding hydrogens is 380 g/mol. The summed E-state index contributed by atoms with van der Waals surface area (Å²) in [6.45, 7) is 9.63. The number of rotatable bonds is 12. The second-order valence-corrected chi connectivity index (χ2v) is 9.16. The van der Waals surface area contributed by atoms with E-state index in [0.717, 1.165) is 12.8 Å².